The van der Waals surface area contributed by atoms with Crippen molar-refractivity contribution < 1.29 is 9.13 Å². The summed E-state index contributed by atoms with van der Waals surface area (Å²) < 4.78 is 17.8. The van der Waals surface area contributed by atoms with E-state index in [1.54, 1.807) is 7.11 Å². The summed E-state index contributed by atoms with van der Waals surface area (Å²) in [5.41, 5.74) is -0.176. The zero-order valence-electron chi connectivity index (χ0n) is 7.36. The molecular formula is C8H16FNO. The number of ether oxygens (including phenoxy) is 1. The van der Waals surface area contributed by atoms with Gasteiger partial charge in [-0.3, -0.25) is 0 Å². The first-order valence-corrected chi connectivity index (χ1v) is 3.95. The fourth-order valence-corrected chi connectivity index (χ4v) is 1.46. The second-order valence-electron chi connectivity index (χ2n) is 3.47. The average Bonchev–Trinajstić information content (AvgIpc) is 2.56. The molecule has 3 unspecified atom stereocenters. The zero-order valence-corrected chi connectivity index (χ0v) is 7.36. The first-order chi connectivity index (χ1) is 5.15. The lowest BCUT2D eigenvalue weighted by Crippen LogP contribution is -2.38. The van der Waals surface area contributed by atoms with Crippen molar-refractivity contribution in [3.8, 4) is 0 Å². The maximum atomic E-state index is 12.8. The predicted molar refractivity (Wildman–Crippen MR) is 42.3 cm³/mol. The van der Waals surface area contributed by atoms with Gasteiger partial charge in [-0.15, -0.1) is 0 Å². The van der Waals surface area contributed by atoms with Crippen LogP contribution >= 0.6 is 0 Å². The Balaban J connectivity index is 2.42. The lowest BCUT2D eigenvalue weighted by molar-refractivity contribution is 0.132. The highest BCUT2D eigenvalue weighted by atomic mass is 19.1. The van der Waals surface area contributed by atoms with Crippen molar-refractivity contribution in [2.45, 2.75) is 25.6 Å². The molecule has 1 N–H and O–H groups in total. The Morgan fingerprint density at radius 2 is 2.36 bits per heavy atom. The van der Waals surface area contributed by atoms with Crippen LogP contribution in [0.3, 0.4) is 0 Å². The topological polar surface area (TPSA) is 21.3 Å². The summed E-state index contributed by atoms with van der Waals surface area (Å²) in [5, 5.41) is 3.07. The van der Waals surface area contributed by atoms with E-state index in [0.717, 1.165) is 0 Å². The maximum Gasteiger partial charge on any atom is 0.108 e. The third-order valence-corrected chi connectivity index (χ3v) is 2.65. The van der Waals surface area contributed by atoms with Crippen LogP contribution in [0.15, 0.2) is 0 Å². The number of hydrogen-bond acceptors (Lipinski definition) is 2. The largest absolute Gasteiger partial charge is 0.383 e. The fraction of sp³-hybridized carbons (Fsp3) is 1.00. The minimum atomic E-state index is -0.643. The lowest BCUT2D eigenvalue weighted by atomic mass is 10.00. The maximum absolute atomic E-state index is 12.8. The molecule has 0 heterocycles. The molecule has 1 aliphatic carbocycles. The molecule has 0 aromatic heterocycles. The van der Waals surface area contributed by atoms with Crippen LogP contribution in [0.4, 0.5) is 4.39 Å². The van der Waals surface area contributed by atoms with Crippen molar-refractivity contribution in [1.29, 1.82) is 0 Å². The van der Waals surface area contributed by atoms with Gasteiger partial charge in [0.15, 0.2) is 0 Å². The molecule has 1 rings (SSSR count). The molecule has 0 spiro atoms. The average molecular weight is 161 g/mol. The highest BCUT2D eigenvalue weighted by molar-refractivity contribution is 5.07. The number of nitrogens with one attached hydrogen (secondary N) is 1. The Morgan fingerprint density at radius 1 is 1.82 bits per heavy atom. The monoisotopic (exact) mass is 161 g/mol. The molecule has 1 aliphatic rings. The van der Waals surface area contributed by atoms with E-state index < -0.39 is 6.17 Å². The molecule has 0 saturated heterocycles. The molecule has 2 nitrogen and oxygen atoms in total. The summed E-state index contributed by atoms with van der Waals surface area (Å²) in [7, 11) is 3.49. The third kappa shape index (κ3) is 1.54. The van der Waals surface area contributed by atoms with E-state index in [1.807, 2.05) is 14.0 Å². The highest BCUT2D eigenvalue weighted by Gasteiger charge is 2.55. The van der Waals surface area contributed by atoms with Crippen LogP contribution in [-0.2, 0) is 4.74 Å². The molecule has 0 aromatic carbocycles. The molecule has 11 heavy (non-hydrogen) atoms. The summed E-state index contributed by atoms with van der Waals surface area (Å²) in [4.78, 5) is 0. The Labute approximate surface area is 67.1 Å². The Bertz CT molecular complexity index is 142. The predicted octanol–water partition coefficient (Wildman–Crippen LogP) is 0.969. The quantitative estimate of drug-likeness (QED) is 0.663. The number of hydrogen-bond donors (Lipinski definition) is 1. The summed E-state index contributed by atoms with van der Waals surface area (Å²) in [5.74, 6) is 0. The van der Waals surface area contributed by atoms with Crippen LogP contribution in [0.5, 0.6) is 0 Å². The van der Waals surface area contributed by atoms with Gasteiger partial charge in [0.1, 0.15) is 6.17 Å². The Morgan fingerprint density at radius 3 is 2.64 bits per heavy atom. The summed E-state index contributed by atoms with van der Waals surface area (Å²) in [6, 6.07) is 0.155. The highest BCUT2D eigenvalue weighted by Crippen LogP contribution is 2.50. The first kappa shape index (κ1) is 8.94. The molecule has 0 aromatic rings. The van der Waals surface area contributed by atoms with Crippen molar-refractivity contribution in [2.24, 2.45) is 5.41 Å². The summed E-state index contributed by atoms with van der Waals surface area (Å²) >= 11 is 0. The molecule has 0 amide bonds. The van der Waals surface area contributed by atoms with Crippen molar-refractivity contribution in [3.05, 3.63) is 0 Å². The van der Waals surface area contributed by atoms with Gasteiger partial charge in [0.25, 0.3) is 0 Å². The van der Waals surface area contributed by atoms with Crippen molar-refractivity contribution >= 4 is 0 Å². The molecule has 0 aliphatic heterocycles. The second-order valence-corrected chi connectivity index (χ2v) is 3.47. The van der Waals surface area contributed by atoms with Crippen LogP contribution in [0.2, 0.25) is 0 Å². The minimum absolute atomic E-state index is 0.155. The van der Waals surface area contributed by atoms with E-state index >= 15 is 0 Å². The lowest BCUT2D eigenvalue weighted by Gasteiger charge is -2.21. The van der Waals surface area contributed by atoms with Gasteiger partial charge >= 0.3 is 0 Å². The molecule has 1 saturated carbocycles. The number of likely N-dealkylation sites (N-methyl/N-ethyl adjacent to an activating group) is 1. The number of alkyl halides is 1. The Kier molecular flexibility index (Phi) is 2.50. The van der Waals surface area contributed by atoms with Gasteiger partial charge in [-0.25, -0.2) is 4.39 Å². The van der Waals surface area contributed by atoms with Gasteiger partial charge < -0.3 is 10.1 Å². The molecule has 3 heteroatoms. The zero-order chi connectivity index (χ0) is 8.48. The molecule has 0 bridgehead atoms. The van der Waals surface area contributed by atoms with E-state index in [1.165, 1.54) is 0 Å². The summed E-state index contributed by atoms with van der Waals surface area (Å²) in [6.07, 6.45) is 0.0251. The van der Waals surface area contributed by atoms with E-state index in [0.29, 0.717) is 13.0 Å². The first-order valence-electron chi connectivity index (χ1n) is 3.95. The molecule has 66 valence electrons. The van der Waals surface area contributed by atoms with Crippen molar-refractivity contribution in [2.75, 3.05) is 20.8 Å². The van der Waals surface area contributed by atoms with E-state index in [9.17, 15) is 4.39 Å². The van der Waals surface area contributed by atoms with Crippen LogP contribution < -0.4 is 5.32 Å². The molecule has 1 fully saturated rings. The number of rotatable bonds is 4. The summed E-state index contributed by atoms with van der Waals surface area (Å²) in [6.45, 7) is 2.55. The van der Waals surface area contributed by atoms with Gasteiger partial charge in [-0.05, 0) is 13.5 Å². The normalized spacial score (nSPS) is 38.7. The number of halogens is 1. The van der Waals surface area contributed by atoms with E-state index in [2.05, 4.69) is 5.32 Å². The smallest absolute Gasteiger partial charge is 0.108 e. The second kappa shape index (κ2) is 3.07. The van der Waals surface area contributed by atoms with Gasteiger partial charge in [-0.2, -0.15) is 0 Å². The van der Waals surface area contributed by atoms with Crippen LogP contribution in [-0.4, -0.2) is 33.0 Å². The number of methoxy groups -OCH3 is 1. The van der Waals surface area contributed by atoms with Gasteiger partial charge in [0, 0.05) is 18.6 Å². The van der Waals surface area contributed by atoms with E-state index in [-0.39, 0.29) is 11.5 Å². The standard InChI is InChI=1S/C8H16FNO/c1-8(4-6(8)9)7(10-2)5-11-3/h6-7,10H,4-5H2,1-3H3. The molecule has 0 radical (unpaired) electrons. The van der Waals surface area contributed by atoms with Crippen LogP contribution in [0, 0.1) is 5.41 Å². The van der Waals surface area contributed by atoms with Gasteiger partial charge in [-0.1, -0.05) is 6.92 Å². The van der Waals surface area contributed by atoms with Crippen molar-refractivity contribution in [1.82, 2.24) is 5.32 Å². The van der Waals surface area contributed by atoms with Gasteiger partial charge in [0.2, 0.25) is 0 Å². The fourth-order valence-electron chi connectivity index (χ4n) is 1.46. The van der Waals surface area contributed by atoms with Crippen molar-refractivity contribution in [3.63, 3.8) is 0 Å². The Hall–Kier alpha value is -0.150. The van der Waals surface area contributed by atoms with Crippen LogP contribution in [0.1, 0.15) is 13.3 Å². The third-order valence-electron chi connectivity index (χ3n) is 2.65. The van der Waals surface area contributed by atoms with Crippen LogP contribution in [0.25, 0.3) is 0 Å². The minimum Gasteiger partial charge on any atom is -0.383 e. The molecule has 3 atom stereocenters. The SMILES string of the molecule is CNC(COC)C1(C)CC1F. The molecular weight excluding hydrogens is 145 g/mol. The van der Waals surface area contributed by atoms with Gasteiger partial charge in [0.05, 0.1) is 6.61 Å². The van der Waals surface area contributed by atoms with E-state index in [4.69, 9.17) is 4.74 Å².